The quantitative estimate of drug-likeness (QED) is 0.705. The van der Waals surface area contributed by atoms with Gasteiger partial charge in [0.1, 0.15) is 6.54 Å². The molecule has 5 heteroatoms. The Morgan fingerprint density at radius 3 is 2.33 bits per heavy atom. The predicted octanol–water partition coefficient (Wildman–Crippen LogP) is 5.17. The monoisotopic (exact) mass is 292 g/mol. The van der Waals surface area contributed by atoms with Gasteiger partial charge in [0.2, 0.25) is 0 Å². The minimum atomic E-state index is -4.26. The maximum absolute atomic E-state index is 12.8. The van der Waals surface area contributed by atoms with E-state index in [9.17, 15) is 13.2 Å². The van der Waals surface area contributed by atoms with Crippen LogP contribution in [0.5, 0.6) is 0 Å². The third-order valence-corrected chi connectivity index (χ3v) is 3.20. The molecule has 2 aromatic rings. The predicted molar refractivity (Wildman–Crippen MR) is 78.8 cm³/mol. The highest BCUT2D eigenvalue weighted by molar-refractivity contribution is 6.02. The molecule has 0 aliphatic heterocycles. The Kier molecular flexibility index (Phi) is 4.37. The highest BCUT2D eigenvalue weighted by Gasteiger charge is 2.31. The van der Waals surface area contributed by atoms with Crippen molar-refractivity contribution >= 4 is 22.1 Å². The summed E-state index contributed by atoms with van der Waals surface area (Å²) in [7, 11) is 0. The van der Waals surface area contributed by atoms with E-state index in [4.69, 9.17) is 6.57 Å². The van der Waals surface area contributed by atoms with Gasteiger partial charge in [0, 0.05) is 12.2 Å². The number of benzene rings is 2. The van der Waals surface area contributed by atoms with Crippen LogP contribution in [-0.2, 0) is 0 Å². The van der Waals surface area contributed by atoms with E-state index in [1.54, 1.807) is 36.4 Å². The summed E-state index contributed by atoms with van der Waals surface area (Å²) >= 11 is 0. The summed E-state index contributed by atoms with van der Waals surface area (Å²) in [5, 5.41) is 1.37. The molecular formula is C16H15F3N2. The molecule has 0 radical (unpaired) electrons. The molecule has 0 amide bonds. The number of halogens is 3. The zero-order valence-electron chi connectivity index (χ0n) is 11.6. The third kappa shape index (κ3) is 3.46. The SMILES string of the molecule is [C-]#[N+]c1ccc(N(CCC)CC(F)(F)F)c2ccccc12. The molecule has 21 heavy (non-hydrogen) atoms. The fourth-order valence-electron chi connectivity index (χ4n) is 2.41. The molecular weight excluding hydrogens is 277 g/mol. The van der Waals surface area contributed by atoms with E-state index >= 15 is 0 Å². The first-order chi connectivity index (χ1) is 9.96. The number of anilines is 1. The van der Waals surface area contributed by atoms with Crippen LogP contribution >= 0.6 is 0 Å². The molecule has 0 spiro atoms. The molecule has 0 aliphatic carbocycles. The fraction of sp³-hybridized carbons (Fsp3) is 0.312. The zero-order valence-corrected chi connectivity index (χ0v) is 11.6. The first kappa shape index (κ1) is 15.2. The Bertz CT molecular complexity index is 671. The Balaban J connectivity index is 2.56. The number of fused-ring (bicyclic) bond motifs is 1. The van der Waals surface area contributed by atoms with Gasteiger partial charge in [-0.05, 0) is 23.3 Å². The number of rotatable bonds is 4. The van der Waals surface area contributed by atoms with Crippen LogP contribution in [0.2, 0.25) is 0 Å². The number of hydrogen-bond acceptors (Lipinski definition) is 1. The van der Waals surface area contributed by atoms with Crippen LogP contribution in [0.25, 0.3) is 15.6 Å². The molecule has 2 nitrogen and oxygen atoms in total. The van der Waals surface area contributed by atoms with Crippen molar-refractivity contribution < 1.29 is 13.2 Å². The largest absolute Gasteiger partial charge is 0.405 e. The van der Waals surface area contributed by atoms with Gasteiger partial charge in [-0.1, -0.05) is 37.3 Å². The summed E-state index contributed by atoms with van der Waals surface area (Å²) in [6.07, 6.45) is -3.64. The molecule has 0 saturated heterocycles. The van der Waals surface area contributed by atoms with Crippen LogP contribution in [0, 0.1) is 6.57 Å². The van der Waals surface area contributed by atoms with Crippen LogP contribution in [0.3, 0.4) is 0 Å². The highest BCUT2D eigenvalue weighted by Crippen LogP contribution is 2.35. The lowest BCUT2D eigenvalue weighted by Crippen LogP contribution is -2.34. The number of hydrogen-bond donors (Lipinski definition) is 0. The summed E-state index contributed by atoms with van der Waals surface area (Å²) in [6.45, 7) is 8.34. The maximum atomic E-state index is 12.8. The number of nitrogens with zero attached hydrogens (tertiary/aromatic N) is 2. The van der Waals surface area contributed by atoms with Gasteiger partial charge in [0.05, 0.1) is 6.57 Å². The Morgan fingerprint density at radius 1 is 1.10 bits per heavy atom. The second-order valence-corrected chi connectivity index (χ2v) is 4.80. The molecule has 110 valence electrons. The van der Waals surface area contributed by atoms with Gasteiger partial charge >= 0.3 is 6.18 Å². The van der Waals surface area contributed by atoms with Crippen molar-refractivity contribution in [2.75, 3.05) is 18.0 Å². The number of alkyl halides is 3. The summed E-state index contributed by atoms with van der Waals surface area (Å²) in [4.78, 5) is 4.76. The second-order valence-electron chi connectivity index (χ2n) is 4.80. The van der Waals surface area contributed by atoms with Crippen molar-refractivity contribution in [1.82, 2.24) is 0 Å². The molecule has 0 saturated carbocycles. The zero-order chi connectivity index (χ0) is 15.5. The van der Waals surface area contributed by atoms with E-state index in [0.29, 0.717) is 35.1 Å². The van der Waals surface area contributed by atoms with Crippen molar-refractivity contribution in [3.63, 3.8) is 0 Å². The van der Waals surface area contributed by atoms with Gasteiger partial charge < -0.3 is 4.90 Å². The Hall–Kier alpha value is -2.22. The molecule has 0 bridgehead atoms. The summed E-state index contributed by atoms with van der Waals surface area (Å²) < 4.78 is 38.3. The van der Waals surface area contributed by atoms with E-state index in [2.05, 4.69) is 4.85 Å². The molecule has 0 aromatic heterocycles. The van der Waals surface area contributed by atoms with E-state index in [-0.39, 0.29) is 0 Å². The first-order valence-electron chi connectivity index (χ1n) is 6.67. The molecule has 2 aromatic carbocycles. The third-order valence-electron chi connectivity index (χ3n) is 3.20. The maximum Gasteiger partial charge on any atom is 0.405 e. The topological polar surface area (TPSA) is 7.60 Å². The molecule has 0 N–H and O–H groups in total. The van der Waals surface area contributed by atoms with Gasteiger partial charge in [-0.2, -0.15) is 13.2 Å². The van der Waals surface area contributed by atoms with Crippen molar-refractivity contribution in [1.29, 1.82) is 0 Å². The summed E-state index contributed by atoms with van der Waals surface area (Å²) in [6, 6.07) is 10.3. The smallest absolute Gasteiger partial charge is 0.362 e. The van der Waals surface area contributed by atoms with Crippen molar-refractivity contribution in [3.8, 4) is 0 Å². The first-order valence-corrected chi connectivity index (χ1v) is 6.67. The average Bonchev–Trinajstić information content (AvgIpc) is 2.44. The standard InChI is InChI=1S/C16H15F3N2/c1-3-10-21(11-16(17,18)19)15-9-8-14(20-2)12-6-4-5-7-13(12)15/h4-9H,3,10-11H2,1H3. The molecule has 0 atom stereocenters. The minimum absolute atomic E-state index is 0.320. The fourth-order valence-corrected chi connectivity index (χ4v) is 2.41. The van der Waals surface area contributed by atoms with E-state index < -0.39 is 12.7 Å². The van der Waals surface area contributed by atoms with E-state index in [1.807, 2.05) is 6.92 Å². The van der Waals surface area contributed by atoms with Gasteiger partial charge in [-0.15, -0.1) is 0 Å². The van der Waals surface area contributed by atoms with Gasteiger partial charge in [0.15, 0.2) is 5.69 Å². The Morgan fingerprint density at radius 2 is 1.76 bits per heavy atom. The average molecular weight is 292 g/mol. The van der Waals surface area contributed by atoms with Crippen LogP contribution in [0.15, 0.2) is 36.4 Å². The molecule has 2 rings (SSSR count). The van der Waals surface area contributed by atoms with E-state index in [0.717, 1.165) is 0 Å². The highest BCUT2D eigenvalue weighted by atomic mass is 19.4. The normalized spacial score (nSPS) is 11.4. The second kappa shape index (κ2) is 6.04. The van der Waals surface area contributed by atoms with Crippen molar-refractivity contribution in [2.45, 2.75) is 19.5 Å². The minimum Gasteiger partial charge on any atom is -0.362 e. The van der Waals surface area contributed by atoms with Crippen LogP contribution < -0.4 is 4.90 Å². The van der Waals surface area contributed by atoms with Gasteiger partial charge in [-0.25, -0.2) is 4.85 Å². The lowest BCUT2D eigenvalue weighted by atomic mass is 10.1. The molecule has 0 fully saturated rings. The van der Waals surface area contributed by atoms with Crippen LogP contribution in [-0.4, -0.2) is 19.3 Å². The van der Waals surface area contributed by atoms with Gasteiger partial charge in [0.25, 0.3) is 0 Å². The molecule has 0 heterocycles. The van der Waals surface area contributed by atoms with Gasteiger partial charge in [-0.3, -0.25) is 0 Å². The molecule has 0 aliphatic rings. The van der Waals surface area contributed by atoms with Crippen molar-refractivity contribution in [2.24, 2.45) is 0 Å². The summed E-state index contributed by atoms with van der Waals surface area (Å²) in [5.41, 5.74) is 0.981. The van der Waals surface area contributed by atoms with E-state index in [1.165, 1.54) is 4.90 Å². The summed E-state index contributed by atoms with van der Waals surface area (Å²) in [5.74, 6) is 0. The Labute approximate surface area is 121 Å². The molecule has 0 unspecified atom stereocenters. The van der Waals surface area contributed by atoms with Crippen LogP contribution in [0.1, 0.15) is 13.3 Å². The lowest BCUT2D eigenvalue weighted by molar-refractivity contribution is -0.119. The van der Waals surface area contributed by atoms with Crippen molar-refractivity contribution in [3.05, 3.63) is 47.8 Å². The van der Waals surface area contributed by atoms with Crippen LogP contribution in [0.4, 0.5) is 24.5 Å². The lowest BCUT2D eigenvalue weighted by Gasteiger charge is -2.27.